The van der Waals surface area contributed by atoms with E-state index in [2.05, 4.69) is 14.8 Å². The highest BCUT2D eigenvalue weighted by atomic mass is 16.8. The monoisotopic (exact) mass is 503 g/mol. The molecule has 0 aliphatic rings. The summed E-state index contributed by atoms with van der Waals surface area (Å²) in [5.74, 6) is -0.670. The van der Waals surface area contributed by atoms with Gasteiger partial charge in [-0.25, -0.2) is 9.59 Å². The zero-order valence-electron chi connectivity index (χ0n) is 20.3. The Morgan fingerprint density at radius 2 is 1.44 bits per heavy atom. The molecule has 0 heterocycles. The average molecular weight is 504 g/mol. The summed E-state index contributed by atoms with van der Waals surface area (Å²) in [6.07, 6.45) is -0.263. The standard InChI is InChI=1S/C25H29NO10/c1-17(27)33-16-35-25(30)36-21-11-6-19(7-12-21)14-22(24(29)34-15-31-2)26-23(28)13-8-18-4-9-20(32-3)10-5-18/h4-7,9-12,22H,8,13-16H2,1-3H3,(H,26,28). The van der Waals surface area contributed by atoms with Crippen molar-refractivity contribution in [3.63, 3.8) is 0 Å². The Balaban J connectivity index is 1.94. The van der Waals surface area contributed by atoms with Gasteiger partial charge >= 0.3 is 18.1 Å². The minimum absolute atomic E-state index is 0.133. The summed E-state index contributed by atoms with van der Waals surface area (Å²) >= 11 is 0. The quantitative estimate of drug-likeness (QED) is 0.247. The van der Waals surface area contributed by atoms with Crippen molar-refractivity contribution in [2.45, 2.75) is 32.2 Å². The maximum atomic E-state index is 12.5. The lowest BCUT2D eigenvalue weighted by Gasteiger charge is -2.18. The van der Waals surface area contributed by atoms with E-state index >= 15 is 0 Å². The topological polar surface area (TPSA) is 136 Å². The number of nitrogens with one attached hydrogen (secondary N) is 1. The lowest BCUT2D eigenvalue weighted by Crippen LogP contribution is -2.43. The lowest BCUT2D eigenvalue weighted by molar-refractivity contribution is -0.157. The first-order valence-corrected chi connectivity index (χ1v) is 11.0. The average Bonchev–Trinajstić information content (AvgIpc) is 2.86. The van der Waals surface area contributed by atoms with Gasteiger partial charge in [-0.15, -0.1) is 0 Å². The van der Waals surface area contributed by atoms with Crippen LogP contribution in [-0.2, 0) is 46.2 Å². The van der Waals surface area contributed by atoms with Crippen LogP contribution >= 0.6 is 0 Å². The van der Waals surface area contributed by atoms with Crippen LogP contribution in [0.2, 0.25) is 0 Å². The van der Waals surface area contributed by atoms with Crippen molar-refractivity contribution >= 4 is 24.0 Å². The van der Waals surface area contributed by atoms with Crippen molar-refractivity contribution < 1.29 is 47.6 Å². The van der Waals surface area contributed by atoms with Crippen molar-refractivity contribution in [2.24, 2.45) is 0 Å². The van der Waals surface area contributed by atoms with E-state index in [0.717, 1.165) is 11.3 Å². The molecule has 0 bridgehead atoms. The summed E-state index contributed by atoms with van der Waals surface area (Å²) in [4.78, 5) is 47.3. The Morgan fingerprint density at radius 1 is 0.806 bits per heavy atom. The van der Waals surface area contributed by atoms with Crippen molar-refractivity contribution in [1.29, 1.82) is 0 Å². The number of ether oxygens (including phenoxy) is 6. The van der Waals surface area contributed by atoms with E-state index in [4.69, 9.17) is 18.9 Å². The second-order valence-electron chi connectivity index (χ2n) is 7.44. The third kappa shape index (κ3) is 10.4. The van der Waals surface area contributed by atoms with Gasteiger partial charge in [-0.3, -0.25) is 9.59 Å². The number of carbonyl (C=O) groups is 4. The van der Waals surface area contributed by atoms with E-state index in [9.17, 15) is 19.2 Å². The fourth-order valence-corrected chi connectivity index (χ4v) is 2.94. The molecule has 1 amide bonds. The Bertz CT molecular complexity index is 1000. The first-order chi connectivity index (χ1) is 17.3. The summed E-state index contributed by atoms with van der Waals surface area (Å²) in [5, 5.41) is 2.71. The van der Waals surface area contributed by atoms with Gasteiger partial charge in [0, 0.05) is 26.9 Å². The first kappa shape index (κ1) is 28.1. The van der Waals surface area contributed by atoms with E-state index in [1.165, 1.54) is 26.2 Å². The molecule has 2 aromatic carbocycles. The van der Waals surface area contributed by atoms with Crippen molar-refractivity contribution in [3.05, 3.63) is 59.7 Å². The summed E-state index contributed by atoms with van der Waals surface area (Å²) in [7, 11) is 2.96. The second kappa shape index (κ2) is 15.0. The van der Waals surface area contributed by atoms with E-state index in [1.807, 2.05) is 24.3 Å². The fraction of sp³-hybridized carbons (Fsp3) is 0.360. The Hall–Kier alpha value is -4.12. The van der Waals surface area contributed by atoms with E-state index in [-0.39, 0.29) is 31.3 Å². The molecule has 1 N–H and O–H groups in total. The van der Waals surface area contributed by atoms with E-state index in [0.29, 0.717) is 12.0 Å². The van der Waals surface area contributed by atoms with E-state index < -0.39 is 30.9 Å². The molecule has 11 heteroatoms. The smallest absolute Gasteiger partial charge is 0.497 e. The second-order valence-corrected chi connectivity index (χ2v) is 7.44. The molecule has 0 saturated heterocycles. The number of methoxy groups -OCH3 is 2. The molecule has 2 rings (SSSR count). The Labute approximate surface area is 208 Å². The molecule has 0 saturated carbocycles. The van der Waals surface area contributed by atoms with Gasteiger partial charge in [0.1, 0.15) is 17.5 Å². The largest absolute Gasteiger partial charge is 0.516 e. The van der Waals surface area contributed by atoms with Gasteiger partial charge in [0.2, 0.25) is 12.7 Å². The molecule has 0 spiro atoms. The number of aryl methyl sites for hydroxylation is 1. The van der Waals surface area contributed by atoms with Crippen molar-refractivity contribution in [2.75, 3.05) is 27.8 Å². The number of hydrogen-bond donors (Lipinski definition) is 1. The SMILES string of the molecule is COCOC(=O)C(Cc1ccc(OC(=O)OCOC(C)=O)cc1)NC(=O)CCc1ccc(OC)cc1. The summed E-state index contributed by atoms with van der Waals surface area (Å²) in [6, 6.07) is 12.6. The molecule has 194 valence electrons. The van der Waals surface area contributed by atoms with Gasteiger partial charge in [-0.05, 0) is 41.8 Å². The van der Waals surface area contributed by atoms with Gasteiger partial charge in [-0.1, -0.05) is 24.3 Å². The van der Waals surface area contributed by atoms with Gasteiger partial charge in [0.15, 0.2) is 6.79 Å². The number of benzene rings is 2. The van der Waals surface area contributed by atoms with Crippen LogP contribution < -0.4 is 14.8 Å². The number of hydrogen-bond acceptors (Lipinski definition) is 10. The molecule has 0 radical (unpaired) electrons. The number of amides is 1. The lowest BCUT2D eigenvalue weighted by atomic mass is 10.0. The number of esters is 2. The fourth-order valence-electron chi connectivity index (χ4n) is 2.94. The van der Waals surface area contributed by atoms with Crippen molar-refractivity contribution in [3.8, 4) is 11.5 Å². The highest BCUT2D eigenvalue weighted by Gasteiger charge is 2.23. The number of carbonyl (C=O) groups excluding carboxylic acids is 4. The normalized spacial score (nSPS) is 11.1. The molecule has 0 aliphatic carbocycles. The molecule has 11 nitrogen and oxygen atoms in total. The molecule has 2 aromatic rings. The van der Waals surface area contributed by atoms with Gasteiger partial charge < -0.3 is 33.7 Å². The zero-order chi connectivity index (χ0) is 26.3. The predicted molar refractivity (Wildman–Crippen MR) is 125 cm³/mol. The van der Waals surface area contributed by atoms with Crippen LogP contribution in [-0.4, -0.2) is 57.8 Å². The summed E-state index contributed by atoms with van der Waals surface area (Å²) in [6.45, 7) is 0.365. The van der Waals surface area contributed by atoms with Crippen LogP contribution in [0.25, 0.3) is 0 Å². The van der Waals surface area contributed by atoms with Crippen LogP contribution in [0.4, 0.5) is 4.79 Å². The van der Waals surface area contributed by atoms with Crippen LogP contribution in [0.5, 0.6) is 11.5 Å². The number of rotatable bonds is 13. The zero-order valence-corrected chi connectivity index (χ0v) is 20.3. The van der Waals surface area contributed by atoms with Crippen molar-refractivity contribution in [1.82, 2.24) is 5.32 Å². The molecule has 1 unspecified atom stereocenters. The molecular formula is C25H29NO10. The maximum Gasteiger partial charge on any atom is 0.516 e. The molecule has 36 heavy (non-hydrogen) atoms. The van der Waals surface area contributed by atoms with Gasteiger partial charge in [-0.2, -0.15) is 0 Å². The Kier molecular flexibility index (Phi) is 11.7. The third-order valence-electron chi connectivity index (χ3n) is 4.74. The van der Waals surface area contributed by atoms with Crippen LogP contribution in [0.3, 0.4) is 0 Å². The molecule has 0 aliphatic heterocycles. The van der Waals surface area contributed by atoms with E-state index in [1.54, 1.807) is 19.2 Å². The summed E-state index contributed by atoms with van der Waals surface area (Å²) in [5.41, 5.74) is 1.62. The maximum absolute atomic E-state index is 12.5. The van der Waals surface area contributed by atoms with Crippen LogP contribution in [0.1, 0.15) is 24.5 Å². The summed E-state index contributed by atoms with van der Waals surface area (Å²) < 4.78 is 29.0. The van der Waals surface area contributed by atoms with Crippen LogP contribution in [0, 0.1) is 0 Å². The molecular weight excluding hydrogens is 474 g/mol. The molecule has 1 atom stereocenters. The predicted octanol–water partition coefficient (Wildman–Crippen LogP) is 2.54. The minimum Gasteiger partial charge on any atom is -0.497 e. The Morgan fingerprint density at radius 3 is 2.06 bits per heavy atom. The van der Waals surface area contributed by atoms with Crippen LogP contribution in [0.15, 0.2) is 48.5 Å². The highest BCUT2D eigenvalue weighted by Crippen LogP contribution is 2.16. The highest BCUT2D eigenvalue weighted by molar-refractivity contribution is 5.84. The molecule has 0 aromatic heterocycles. The molecule has 0 fully saturated rings. The first-order valence-electron chi connectivity index (χ1n) is 11.0. The van der Waals surface area contributed by atoms with Gasteiger partial charge in [0.25, 0.3) is 0 Å². The minimum atomic E-state index is -1.05. The van der Waals surface area contributed by atoms with Gasteiger partial charge in [0.05, 0.1) is 7.11 Å². The third-order valence-corrected chi connectivity index (χ3v) is 4.74.